The van der Waals surface area contributed by atoms with Gasteiger partial charge in [0.25, 0.3) is 0 Å². The molecule has 0 amide bonds. The third kappa shape index (κ3) is 9.48. The van der Waals surface area contributed by atoms with Gasteiger partial charge in [0, 0.05) is 52.4 Å². The van der Waals surface area contributed by atoms with Gasteiger partial charge in [0.15, 0.2) is 46.0 Å². The normalized spacial score (nSPS) is 13.8. The lowest BCUT2D eigenvalue weighted by Gasteiger charge is -2.40. The van der Waals surface area contributed by atoms with Crippen LogP contribution in [0.2, 0.25) is 0 Å². The van der Waals surface area contributed by atoms with E-state index in [9.17, 15) is 0 Å². The van der Waals surface area contributed by atoms with Crippen LogP contribution in [0.15, 0.2) is 54.1 Å². The van der Waals surface area contributed by atoms with E-state index in [0.717, 1.165) is 34.2 Å². The van der Waals surface area contributed by atoms with Crippen molar-refractivity contribution in [2.24, 2.45) is 11.8 Å². The second-order valence-electron chi connectivity index (χ2n) is 14.4. The van der Waals surface area contributed by atoms with E-state index in [2.05, 4.69) is 33.8 Å². The van der Waals surface area contributed by atoms with E-state index >= 15 is 0 Å². The topological polar surface area (TPSA) is 111 Å². The SMILES string of the molecule is CCC(c1cc(OC)c(OC)cc1OC)C(C)C(c1cc(OC)c(OC)cc1OC)C(C)C(/C(C)=C/c1cc(OC)c(OC)cc1OC)c1cc(OC)c(OC)cc1OC. The maximum atomic E-state index is 6.22. The van der Waals surface area contributed by atoms with Gasteiger partial charge in [-0.05, 0) is 61.3 Å². The first-order valence-corrected chi connectivity index (χ1v) is 19.8. The summed E-state index contributed by atoms with van der Waals surface area (Å²) < 4.78 is 70.7. The summed E-state index contributed by atoms with van der Waals surface area (Å²) in [6.45, 7) is 8.85. The fourth-order valence-corrected chi connectivity index (χ4v) is 8.77. The van der Waals surface area contributed by atoms with Crippen LogP contribution in [0, 0.1) is 11.8 Å². The smallest absolute Gasteiger partial charge is 0.164 e. The monoisotopic (exact) mass is 832 g/mol. The van der Waals surface area contributed by atoms with Crippen molar-refractivity contribution < 1.29 is 56.8 Å². The summed E-state index contributed by atoms with van der Waals surface area (Å²) in [5.41, 5.74) is 4.63. The van der Waals surface area contributed by atoms with Crippen molar-refractivity contribution in [2.75, 3.05) is 85.3 Å². The number of hydrogen-bond acceptors (Lipinski definition) is 12. The first-order chi connectivity index (χ1) is 28.9. The van der Waals surface area contributed by atoms with Crippen LogP contribution in [0.1, 0.15) is 74.1 Å². The van der Waals surface area contributed by atoms with Gasteiger partial charge in [-0.1, -0.05) is 32.4 Å². The molecule has 4 aromatic carbocycles. The Morgan fingerprint density at radius 2 is 0.717 bits per heavy atom. The molecular formula is C48H64O12. The molecule has 0 aliphatic heterocycles. The predicted octanol–water partition coefficient (Wildman–Crippen LogP) is 10.2. The molecule has 12 nitrogen and oxygen atoms in total. The fraction of sp³-hybridized carbons (Fsp3) is 0.458. The average molecular weight is 833 g/mol. The van der Waals surface area contributed by atoms with Crippen LogP contribution < -0.4 is 56.8 Å². The zero-order valence-electron chi connectivity index (χ0n) is 38.2. The molecule has 0 heterocycles. The van der Waals surface area contributed by atoms with Gasteiger partial charge in [-0.25, -0.2) is 0 Å². The molecule has 5 unspecified atom stereocenters. The lowest BCUT2D eigenvalue weighted by Crippen LogP contribution is -2.29. The molecule has 0 fully saturated rings. The molecule has 0 aromatic heterocycles. The van der Waals surface area contributed by atoms with Gasteiger partial charge in [-0.2, -0.15) is 0 Å². The Kier molecular flexibility index (Phi) is 16.8. The molecule has 0 bridgehead atoms. The van der Waals surface area contributed by atoms with E-state index in [4.69, 9.17) is 56.8 Å². The van der Waals surface area contributed by atoms with Gasteiger partial charge in [0.05, 0.1) is 85.3 Å². The van der Waals surface area contributed by atoms with E-state index in [0.29, 0.717) is 69.0 Å². The van der Waals surface area contributed by atoms with Gasteiger partial charge >= 0.3 is 0 Å². The molecule has 0 radical (unpaired) electrons. The van der Waals surface area contributed by atoms with Crippen LogP contribution in [0.5, 0.6) is 69.0 Å². The molecule has 12 heteroatoms. The Labute approximate surface area is 356 Å². The summed E-state index contributed by atoms with van der Waals surface area (Å²) in [5, 5.41) is 0. The summed E-state index contributed by atoms with van der Waals surface area (Å²) in [4.78, 5) is 0. The molecule has 328 valence electrons. The Balaban J connectivity index is 2.16. The molecule has 0 spiro atoms. The van der Waals surface area contributed by atoms with Crippen molar-refractivity contribution >= 4 is 6.08 Å². The predicted molar refractivity (Wildman–Crippen MR) is 235 cm³/mol. The molecule has 5 atom stereocenters. The number of ether oxygens (including phenoxy) is 12. The highest BCUT2D eigenvalue weighted by atomic mass is 16.5. The van der Waals surface area contributed by atoms with Crippen molar-refractivity contribution in [1.29, 1.82) is 0 Å². The van der Waals surface area contributed by atoms with Gasteiger partial charge in [0.2, 0.25) is 0 Å². The van der Waals surface area contributed by atoms with Gasteiger partial charge < -0.3 is 56.8 Å². The fourth-order valence-electron chi connectivity index (χ4n) is 8.77. The maximum Gasteiger partial charge on any atom is 0.164 e. The van der Waals surface area contributed by atoms with Gasteiger partial charge in [-0.15, -0.1) is 0 Å². The molecule has 0 N–H and O–H groups in total. The second kappa shape index (κ2) is 21.5. The Hall–Kier alpha value is -5.78. The third-order valence-electron chi connectivity index (χ3n) is 11.6. The molecule has 0 saturated heterocycles. The largest absolute Gasteiger partial charge is 0.496 e. The van der Waals surface area contributed by atoms with Crippen LogP contribution in [-0.2, 0) is 0 Å². The van der Waals surface area contributed by atoms with Crippen molar-refractivity contribution in [3.8, 4) is 69.0 Å². The van der Waals surface area contributed by atoms with Crippen LogP contribution in [-0.4, -0.2) is 85.3 Å². The molecule has 4 aromatic rings. The second-order valence-corrected chi connectivity index (χ2v) is 14.4. The Bertz CT molecular complexity index is 2080. The third-order valence-corrected chi connectivity index (χ3v) is 11.6. The molecule has 4 rings (SSSR count). The zero-order chi connectivity index (χ0) is 44.3. The van der Waals surface area contributed by atoms with Crippen LogP contribution >= 0.6 is 0 Å². The van der Waals surface area contributed by atoms with Crippen molar-refractivity contribution in [2.45, 2.75) is 51.9 Å². The molecule has 0 aliphatic carbocycles. The van der Waals surface area contributed by atoms with Gasteiger partial charge in [-0.3, -0.25) is 0 Å². The number of hydrogen-bond donors (Lipinski definition) is 0. The zero-order valence-corrected chi connectivity index (χ0v) is 38.2. The van der Waals surface area contributed by atoms with Crippen molar-refractivity contribution in [3.63, 3.8) is 0 Å². The minimum absolute atomic E-state index is 0.0480. The average Bonchev–Trinajstić information content (AvgIpc) is 3.28. The lowest BCUT2D eigenvalue weighted by atomic mass is 9.64. The molecule has 60 heavy (non-hydrogen) atoms. The summed E-state index contributed by atoms with van der Waals surface area (Å²) >= 11 is 0. The van der Waals surface area contributed by atoms with Crippen LogP contribution in [0.25, 0.3) is 6.08 Å². The first-order valence-electron chi connectivity index (χ1n) is 19.8. The summed E-state index contributed by atoms with van der Waals surface area (Å²) in [6, 6.07) is 15.5. The van der Waals surface area contributed by atoms with Gasteiger partial charge in [0.1, 0.15) is 23.0 Å². The maximum absolute atomic E-state index is 6.22. The summed E-state index contributed by atoms with van der Waals surface area (Å²) in [5.74, 6) is 6.36. The summed E-state index contributed by atoms with van der Waals surface area (Å²) in [7, 11) is 19.6. The van der Waals surface area contributed by atoms with Crippen LogP contribution in [0.3, 0.4) is 0 Å². The lowest BCUT2D eigenvalue weighted by molar-refractivity contribution is 0.259. The number of allylic oxidation sites excluding steroid dienone is 1. The van der Waals surface area contributed by atoms with Crippen molar-refractivity contribution in [1.82, 2.24) is 0 Å². The summed E-state index contributed by atoms with van der Waals surface area (Å²) in [6.07, 6.45) is 2.90. The number of methoxy groups -OCH3 is 12. The van der Waals surface area contributed by atoms with E-state index in [1.54, 1.807) is 85.3 Å². The number of rotatable bonds is 22. The molecular weight excluding hydrogens is 769 g/mol. The highest BCUT2D eigenvalue weighted by Crippen LogP contribution is 2.55. The highest BCUT2D eigenvalue weighted by Gasteiger charge is 2.40. The van der Waals surface area contributed by atoms with E-state index in [-0.39, 0.29) is 29.6 Å². The van der Waals surface area contributed by atoms with Crippen molar-refractivity contribution in [3.05, 3.63) is 76.4 Å². The molecule has 0 saturated carbocycles. The van der Waals surface area contributed by atoms with E-state index in [1.165, 1.54) is 0 Å². The first kappa shape index (κ1) is 46.9. The van der Waals surface area contributed by atoms with E-state index < -0.39 is 0 Å². The molecule has 0 aliphatic rings. The highest BCUT2D eigenvalue weighted by molar-refractivity contribution is 5.67. The quantitative estimate of drug-likeness (QED) is 0.0752. The minimum atomic E-state index is -0.312. The van der Waals surface area contributed by atoms with Crippen LogP contribution in [0.4, 0.5) is 0 Å². The minimum Gasteiger partial charge on any atom is -0.496 e. The van der Waals surface area contributed by atoms with E-state index in [1.807, 2.05) is 48.5 Å². The number of benzene rings is 4. The Morgan fingerprint density at radius 3 is 1.12 bits per heavy atom. The standard InChI is InChI=1S/C48H64O12/c1-17-31(32-20-40(54-10)44(58-14)24-36(32)50-6)28(3)48(34-22-42(56-12)46(60-16)26-38(34)52-8)29(4)47(33-21-41(55-11)45(59-15)25-37(33)51-7)27(2)18-30-19-39(53-9)43(57-13)23-35(30)49-5/h18-26,28-29,31,47-48H,17H2,1-16H3/b27-18+. The Morgan fingerprint density at radius 1 is 0.400 bits per heavy atom.